The van der Waals surface area contributed by atoms with Gasteiger partial charge in [-0.25, -0.2) is 9.48 Å². The van der Waals surface area contributed by atoms with Gasteiger partial charge in [0.2, 0.25) is 5.43 Å². The van der Waals surface area contributed by atoms with E-state index in [1.165, 1.54) is 6.07 Å². The second kappa shape index (κ2) is 8.98. The largest absolute Gasteiger partial charge is 0.449 e. The van der Waals surface area contributed by atoms with Crippen LogP contribution in [0.2, 0.25) is 0 Å². The van der Waals surface area contributed by atoms with Crippen molar-refractivity contribution < 1.29 is 9.53 Å². The number of hydrogen-bond acceptors (Lipinski definition) is 6. The maximum atomic E-state index is 12.3. The van der Waals surface area contributed by atoms with Crippen LogP contribution in [0.5, 0.6) is 0 Å². The van der Waals surface area contributed by atoms with Crippen LogP contribution < -0.4 is 10.7 Å². The van der Waals surface area contributed by atoms with Crippen molar-refractivity contribution in [3.63, 3.8) is 0 Å². The van der Waals surface area contributed by atoms with Gasteiger partial charge < -0.3 is 4.74 Å². The molecule has 2 aromatic rings. The predicted octanol–water partition coefficient (Wildman–Crippen LogP) is 2.80. The topological polar surface area (TPSA) is 88.8 Å². The van der Waals surface area contributed by atoms with Crippen LogP contribution in [0.3, 0.4) is 0 Å². The highest BCUT2D eigenvalue weighted by molar-refractivity contribution is 5.85. The SMILES string of the molecule is CCCOC(=O)Nc1cccc(Cc2nn(C3=NN(C)C=CC3)ccc2=O)c1. The first-order valence-corrected chi connectivity index (χ1v) is 9.14. The van der Waals surface area contributed by atoms with E-state index in [1.807, 2.05) is 38.4 Å². The lowest BCUT2D eigenvalue weighted by molar-refractivity contribution is 0.161. The quantitative estimate of drug-likeness (QED) is 0.860. The van der Waals surface area contributed by atoms with Gasteiger partial charge in [0.05, 0.1) is 6.61 Å². The third-order valence-electron chi connectivity index (χ3n) is 4.02. The Labute approximate surface area is 163 Å². The Morgan fingerprint density at radius 3 is 2.96 bits per heavy atom. The first kappa shape index (κ1) is 19.3. The lowest BCUT2D eigenvalue weighted by Gasteiger charge is -2.16. The Bertz CT molecular complexity index is 964. The molecule has 3 rings (SSSR count). The van der Waals surface area contributed by atoms with Crippen LogP contribution in [0.1, 0.15) is 31.0 Å². The minimum Gasteiger partial charge on any atom is -0.449 e. The fraction of sp³-hybridized carbons (Fsp3) is 0.300. The van der Waals surface area contributed by atoms with Gasteiger partial charge in [-0.1, -0.05) is 25.1 Å². The summed E-state index contributed by atoms with van der Waals surface area (Å²) in [5, 5.41) is 13.2. The highest BCUT2D eigenvalue weighted by Crippen LogP contribution is 2.13. The van der Waals surface area contributed by atoms with E-state index in [-0.39, 0.29) is 5.43 Å². The fourth-order valence-corrected chi connectivity index (χ4v) is 2.72. The molecule has 0 aliphatic carbocycles. The molecule has 0 saturated heterocycles. The number of aromatic nitrogens is 2. The van der Waals surface area contributed by atoms with E-state index >= 15 is 0 Å². The van der Waals surface area contributed by atoms with Crippen molar-refractivity contribution in [2.45, 2.75) is 26.2 Å². The van der Waals surface area contributed by atoms with Crippen molar-refractivity contribution >= 4 is 17.6 Å². The molecule has 1 aromatic heterocycles. The summed E-state index contributed by atoms with van der Waals surface area (Å²) in [4.78, 5) is 24.0. The Kier molecular flexibility index (Phi) is 6.21. The summed E-state index contributed by atoms with van der Waals surface area (Å²) < 4.78 is 6.65. The van der Waals surface area contributed by atoms with Crippen LogP contribution in [-0.4, -0.2) is 40.4 Å². The third-order valence-corrected chi connectivity index (χ3v) is 4.02. The minimum atomic E-state index is -0.494. The van der Waals surface area contributed by atoms with E-state index < -0.39 is 6.09 Å². The molecular formula is C20H23N5O3. The van der Waals surface area contributed by atoms with Crippen molar-refractivity contribution in [3.8, 4) is 0 Å². The third kappa shape index (κ3) is 5.06. The van der Waals surface area contributed by atoms with Crippen LogP contribution in [-0.2, 0) is 11.2 Å². The van der Waals surface area contributed by atoms with Crippen LogP contribution in [0.15, 0.2) is 58.7 Å². The summed E-state index contributed by atoms with van der Waals surface area (Å²) in [6.07, 6.45) is 6.73. The molecule has 0 spiro atoms. The second-order valence-electron chi connectivity index (χ2n) is 6.39. The number of nitrogens with zero attached hydrogens (tertiary/aromatic N) is 4. The highest BCUT2D eigenvalue weighted by atomic mass is 16.5. The number of allylic oxidation sites excluding steroid dienone is 1. The van der Waals surface area contributed by atoms with E-state index in [4.69, 9.17) is 4.74 Å². The monoisotopic (exact) mass is 381 g/mol. The van der Waals surface area contributed by atoms with Gasteiger partial charge in [-0.15, -0.1) is 0 Å². The second-order valence-corrected chi connectivity index (χ2v) is 6.39. The molecule has 1 aromatic carbocycles. The van der Waals surface area contributed by atoms with Gasteiger partial charge in [-0.3, -0.25) is 15.1 Å². The Balaban J connectivity index is 1.76. The van der Waals surface area contributed by atoms with E-state index in [9.17, 15) is 9.59 Å². The van der Waals surface area contributed by atoms with E-state index in [1.54, 1.807) is 28.0 Å². The molecular weight excluding hydrogens is 358 g/mol. The number of anilines is 1. The van der Waals surface area contributed by atoms with Gasteiger partial charge >= 0.3 is 6.09 Å². The van der Waals surface area contributed by atoms with Crippen LogP contribution in [0, 0.1) is 0 Å². The molecule has 0 fully saturated rings. The number of amides is 1. The summed E-state index contributed by atoms with van der Waals surface area (Å²) in [5.41, 5.74) is 1.74. The molecule has 2 heterocycles. The number of carbonyl (C=O) groups excluding carboxylic acids is 1. The normalized spacial score (nSPS) is 13.2. The summed E-state index contributed by atoms with van der Waals surface area (Å²) >= 11 is 0. The molecule has 0 radical (unpaired) electrons. The van der Waals surface area contributed by atoms with Crippen LogP contribution >= 0.6 is 0 Å². The van der Waals surface area contributed by atoms with Gasteiger partial charge in [0, 0.05) is 44.0 Å². The zero-order valence-corrected chi connectivity index (χ0v) is 16.0. The molecule has 8 nitrogen and oxygen atoms in total. The molecule has 146 valence electrons. The summed E-state index contributed by atoms with van der Waals surface area (Å²) in [6, 6.07) is 8.77. The van der Waals surface area contributed by atoms with Gasteiger partial charge in [0.25, 0.3) is 0 Å². The number of carbonyl (C=O) groups is 1. The lowest BCUT2D eigenvalue weighted by Crippen LogP contribution is -2.25. The van der Waals surface area contributed by atoms with Crippen molar-refractivity contribution in [2.24, 2.45) is 5.10 Å². The first-order chi connectivity index (χ1) is 13.5. The zero-order valence-electron chi connectivity index (χ0n) is 16.0. The molecule has 0 bridgehead atoms. The summed E-state index contributed by atoms with van der Waals surface area (Å²) in [5.74, 6) is 0.736. The van der Waals surface area contributed by atoms with Crippen LogP contribution in [0.25, 0.3) is 0 Å². The standard InChI is InChI=1S/C20H23N5O3/c1-3-12-28-20(27)21-16-7-4-6-15(13-16)14-17-18(26)9-11-25(22-17)19-8-5-10-24(2)23-19/h4-7,9-11,13H,3,8,12,14H2,1-2H3,(H,21,27). The number of hydrogen-bond donors (Lipinski definition) is 1. The first-order valence-electron chi connectivity index (χ1n) is 9.14. The Morgan fingerprint density at radius 2 is 2.18 bits per heavy atom. The number of benzene rings is 1. The molecule has 0 saturated carbocycles. The molecule has 8 heteroatoms. The van der Waals surface area contributed by atoms with Crippen LogP contribution in [0.4, 0.5) is 10.5 Å². The average molecular weight is 381 g/mol. The predicted molar refractivity (Wildman–Crippen MR) is 107 cm³/mol. The maximum Gasteiger partial charge on any atom is 0.411 e. The van der Waals surface area contributed by atoms with Crippen molar-refractivity contribution in [3.05, 3.63) is 70.3 Å². The smallest absolute Gasteiger partial charge is 0.411 e. The lowest BCUT2D eigenvalue weighted by atomic mass is 10.1. The van der Waals surface area contributed by atoms with Crippen molar-refractivity contribution in [1.29, 1.82) is 0 Å². The highest BCUT2D eigenvalue weighted by Gasteiger charge is 2.11. The Morgan fingerprint density at radius 1 is 1.32 bits per heavy atom. The molecule has 0 unspecified atom stereocenters. The van der Waals surface area contributed by atoms with Gasteiger partial charge in [-0.05, 0) is 24.1 Å². The number of nitrogens with one attached hydrogen (secondary N) is 1. The van der Waals surface area contributed by atoms with Gasteiger partial charge in [0.1, 0.15) is 5.69 Å². The van der Waals surface area contributed by atoms with E-state index in [0.717, 1.165) is 17.8 Å². The fourth-order valence-electron chi connectivity index (χ4n) is 2.72. The van der Waals surface area contributed by atoms with Gasteiger partial charge in [0.15, 0.2) is 5.84 Å². The summed E-state index contributed by atoms with van der Waals surface area (Å²) in [6.45, 7) is 2.30. The molecule has 0 atom stereocenters. The van der Waals surface area contributed by atoms with Gasteiger partial charge in [-0.2, -0.15) is 10.2 Å². The minimum absolute atomic E-state index is 0.141. The zero-order chi connectivity index (χ0) is 19.9. The van der Waals surface area contributed by atoms with E-state index in [0.29, 0.717) is 30.8 Å². The number of rotatable bonds is 5. The molecule has 1 amide bonds. The Hall–Kier alpha value is -3.42. The molecule has 28 heavy (non-hydrogen) atoms. The van der Waals surface area contributed by atoms with Crippen molar-refractivity contribution in [2.75, 3.05) is 19.0 Å². The molecule has 1 aliphatic rings. The number of ether oxygens (including phenoxy) is 1. The van der Waals surface area contributed by atoms with Crippen molar-refractivity contribution in [1.82, 2.24) is 14.8 Å². The van der Waals surface area contributed by atoms with E-state index in [2.05, 4.69) is 15.5 Å². The number of hydrazone groups is 1. The molecule has 1 N–H and O–H groups in total. The average Bonchev–Trinajstić information content (AvgIpc) is 2.68. The molecule has 1 aliphatic heterocycles. The summed E-state index contributed by atoms with van der Waals surface area (Å²) in [7, 11) is 1.84. The maximum absolute atomic E-state index is 12.3.